The van der Waals surface area contributed by atoms with Gasteiger partial charge in [0.25, 0.3) is 0 Å². The molecule has 1 nitrogen and oxygen atoms in total. The van der Waals surface area contributed by atoms with Crippen molar-refractivity contribution in [2.24, 2.45) is 17.8 Å². The van der Waals surface area contributed by atoms with Crippen molar-refractivity contribution in [2.75, 3.05) is 13.6 Å². The van der Waals surface area contributed by atoms with Gasteiger partial charge in [-0.05, 0) is 44.2 Å². The van der Waals surface area contributed by atoms with Crippen LogP contribution in [0.2, 0.25) is 0 Å². The molecule has 0 spiro atoms. The fourth-order valence-electron chi connectivity index (χ4n) is 2.77. The van der Waals surface area contributed by atoms with Crippen LogP contribution in [-0.2, 0) is 0 Å². The van der Waals surface area contributed by atoms with Gasteiger partial charge in [0.2, 0.25) is 0 Å². The van der Waals surface area contributed by atoms with Crippen molar-refractivity contribution in [2.45, 2.75) is 46.0 Å². The van der Waals surface area contributed by atoms with E-state index in [0.29, 0.717) is 0 Å². The summed E-state index contributed by atoms with van der Waals surface area (Å²) in [5, 5.41) is 3.27. The molecule has 3 atom stereocenters. The highest BCUT2D eigenvalue weighted by atomic mass is 14.8. The van der Waals surface area contributed by atoms with E-state index in [2.05, 4.69) is 26.2 Å². The molecule has 3 unspecified atom stereocenters. The molecule has 0 aliphatic heterocycles. The van der Waals surface area contributed by atoms with Crippen LogP contribution in [0.15, 0.2) is 0 Å². The average molecular weight is 183 g/mol. The number of rotatable bonds is 4. The lowest BCUT2D eigenvalue weighted by atomic mass is 9.78. The van der Waals surface area contributed by atoms with Gasteiger partial charge in [-0.1, -0.05) is 33.1 Å². The van der Waals surface area contributed by atoms with Gasteiger partial charge >= 0.3 is 0 Å². The predicted molar refractivity (Wildman–Crippen MR) is 58.8 cm³/mol. The summed E-state index contributed by atoms with van der Waals surface area (Å²) in [7, 11) is 2.06. The van der Waals surface area contributed by atoms with E-state index in [1.807, 2.05) is 0 Å². The van der Waals surface area contributed by atoms with E-state index in [1.54, 1.807) is 0 Å². The summed E-state index contributed by atoms with van der Waals surface area (Å²) in [6, 6.07) is 0. The lowest BCUT2D eigenvalue weighted by Crippen LogP contribution is -2.21. The van der Waals surface area contributed by atoms with Crippen molar-refractivity contribution in [3.05, 3.63) is 0 Å². The molecule has 78 valence electrons. The lowest BCUT2D eigenvalue weighted by molar-refractivity contribution is 0.242. The van der Waals surface area contributed by atoms with E-state index >= 15 is 0 Å². The Kier molecular flexibility index (Phi) is 4.79. The van der Waals surface area contributed by atoms with Gasteiger partial charge in [-0.15, -0.1) is 0 Å². The minimum atomic E-state index is 0.861. The Morgan fingerprint density at radius 1 is 1.38 bits per heavy atom. The molecule has 1 heteroatoms. The van der Waals surface area contributed by atoms with Gasteiger partial charge in [-0.3, -0.25) is 0 Å². The summed E-state index contributed by atoms with van der Waals surface area (Å²) in [5.74, 6) is 2.87. The Labute approximate surface area is 83.3 Å². The smallest absolute Gasteiger partial charge is 0.00261 e. The van der Waals surface area contributed by atoms with Gasteiger partial charge in [-0.2, -0.15) is 0 Å². The molecule has 0 bridgehead atoms. The highest BCUT2D eigenvalue weighted by Gasteiger charge is 2.20. The zero-order valence-electron chi connectivity index (χ0n) is 9.47. The Morgan fingerprint density at radius 2 is 2.15 bits per heavy atom. The van der Waals surface area contributed by atoms with Gasteiger partial charge in [0.1, 0.15) is 0 Å². The van der Waals surface area contributed by atoms with E-state index in [4.69, 9.17) is 0 Å². The van der Waals surface area contributed by atoms with Crippen molar-refractivity contribution >= 4 is 0 Å². The van der Waals surface area contributed by atoms with Crippen LogP contribution in [0.3, 0.4) is 0 Å². The third kappa shape index (κ3) is 4.12. The van der Waals surface area contributed by atoms with Gasteiger partial charge < -0.3 is 5.32 Å². The summed E-state index contributed by atoms with van der Waals surface area (Å²) >= 11 is 0. The Morgan fingerprint density at radius 3 is 2.77 bits per heavy atom. The monoisotopic (exact) mass is 183 g/mol. The molecule has 1 aliphatic carbocycles. The third-order valence-electron chi connectivity index (χ3n) is 3.33. The maximum Gasteiger partial charge on any atom is -0.00261 e. The second-order valence-corrected chi connectivity index (χ2v) is 5.04. The van der Waals surface area contributed by atoms with Crippen LogP contribution in [0.1, 0.15) is 46.0 Å². The number of nitrogens with one attached hydrogen (secondary N) is 1. The standard InChI is InChI=1S/C12H25N/c1-10-5-4-6-12(7-10)8-11(2)9-13-3/h10-13H,4-9H2,1-3H3. The van der Waals surface area contributed by atoms with Crippen molar-refractivity contribution in [3.8, 4) is 0 Å². The molecule has 1 fully saturated rings. The molecule has 1 N–H and O–H groups in total. The highest BCUT2D eigenvalue weighted by Crippen LogP contribution is 2.32. The maximum atomic E-state index is 3.27. The first-order valence-electron chi connectivity index (χ1n) is 5.87. The van der Waals surface area contributed by atoms with Crippen LogP contribution >= 0.6 is 0 Å². The first-order valence-corrected chi connectivity index (χ1v) is 5.87. The minimum absolute atomic E-state index is 0.861. The fourth-order valence-corrected chi connectivity index (χ4v) is 2.77. The molecular weight excluding hydrogens is 158 g/mol. The molecule has 0 aromatic rings. The SMILES string of the molecule is CNCC(C)CC1CCCC(C)C1. The second-order valence-electron chi connectivity index (χ2n) is 5.04. The van der Waals surface area contributed by atoms with E-state index in [0.717, 1.165) is 17.8 Å². The van der Waals surface area contributed by atoms with Crippen LogP contribution < -0.4 is 5.32 Å². The van der Waals surface area contributed by atoms with E-state index in [9.17, 15) is 0 Å². The van der Waals surface area contributed by atoms with Gasteiger partial charge in [0, 0.05) is 0 Å². The molecular formula is C12H25N. The summed E-state index contributed by atoms with van der Waals surface area (Å²) in [6.07, 6.45) is 7.34. The lowest BCUT2D eigenvalue weighted by Gasteiger charge is -2.28. The topological polar surface area (TPSA) is 12.0 Å². The maximum absolute atomic E-state index is 3.27. The van der Waals surface area contributed by atoms with Gasteiger partial charge in [-0.25, -0.2) is 0 Å². The van der Waals surface area contributed by atoms with Crippen molar-refractivity contribution < 1.29 is 0 Å². The molecule has 0 radical (unpaired) electrons. The number of hydrogen-bond donors (Lipinski definition) is 1. The molecule has 0 heterocycles. The minimum Gasteiger partial charge on any atom is -0.319 e. The molecule has 1 aliphatic rings. The Bertz CT molecular complexity index is 133. The highest BCUT2D eigenvalue weighted by molar-refractivity contribution is 4.72. The summed E-state index contributed by atoms with van der Waals surface area (Å²) in [4.78, 5) is 0. The molecule has 1 saturated carbocycles. The Balaban J connectivity index is 2.19. The van der Waals surface area contributed by atoms with E-state index < -0.39 is 0 Å². The molecule has 0 aromatic heterocycles. The summed E-state index contributed by atoms with van der Waals surface area (Å²) in [5.41, 5.74) is 0. The average Bonchev–Trinajstić information content (AvgIpc) is 2.04. The molecule has 0 amide bonds. The van der Waals surface area contributed by atoms with Gasteiger partial charge in [0.15, 0.2) is 0 Å². The van der Waals surface area contributed by atoms with Crippen LogP contribution in [0.5, 0.6) is 0 Å². The first kappa shape index (κ1) is 11.0. The Hall–Kier alpha value is -0.0400. The van der Waals surface area contributed by atoms with Crippen LogP contribution in [-0.4, -0.2) is 13.6 Å². The summed E-state index contributed by atoms with van der Waals surface area (Å²) < 4.78 is 0. The zero-order valence-corrected chi connectivity index (χ0v) is 9.47. The van der Waals surface area contributed by atoms with Gasteiger partial charge in [0.05, 0.1) is 0 Å². The first-order chi connectivity index (χ1) is 6.22. The third-order valence-corrected chi connectivity index (χ3v) is 3.33. The normalized spacial score (nSPS) is 31.6. The second kappa shape index (κ2) is 5.64. The van der Waals surface area contributed by atoms with Crippen molar-refractivity contribution in [1.29, 1.82) is 0 Å². The fraction of sp³-hybridized carbons (Fsp3) is 1.00. The quantitative estimate of drug-likeness (QED) is 0.706. The number of hydrogen-bond acceptors (Lipinski definition) is 1. The molecule has 1 rings (SSSR count). The predicted octanol–water partition coefficient (Wildman–Crippen LogP) is 3.06. The van der Waals surface area contributed by atoms with Crippen molar-refractivity contribution in [1.82, 2.24) is 5.32 Å². The van der Waals surface area contributed by atoms with Crippen LogP contribution in [0, 0.1) is 17.8 Å². The molecule has 0 saturated heterocycles. The van der Waals surface area contributed by atoms with Crippen LogP contribution in [0.25, 0.3) is 0 Å². The largest absolute Gasteiger partial charge is 0.319 e. The van der Waals surface area contributed by atoms with Crippen LogP contribution in [0.4, 0.5) is 0 Å². The summed E-state index contributed by atoms with van der Waals surface area (Å²) in [6.45, 7) is 5.97. The van der Waals surface area contributed by atoms with E-state index in [-0.39, 0.29) is 0 Å². The molecule has 0 aromatic carbocycles. The zero-order chi connectivity index (χ0) is 9.68. The van der Waals surface area contributed by atoms with E-state index in [1.165, 1.54) is 38.6 Å². The van der Waals surface area contributed by atoms with Crippen molar-refractivity contribution in [3.63, 3.8) is 0 Å². The molecule has 13 heavy (non-hydrogen) atoms.